The zero-order valence-electron chi connectivity index (χ0n) is 12.8. The molecule has 2 N–H and O–H groups in total. The summed E-state index contributed by atoms with van der Waals surface area (Å²) in [5.74, 6) is 0. The highest BCUT2D eigenvalue weighted by Crippen LogP contribution is 2.25. The Morgan fingerprint density at radius 3 is 2.12 bits per heavy atom. The van der Waals surface area contributed by atoms with Gasteiger partial charge in [-0.3, -0.25) is 4.90 Å². The SMILES string of the molecule is CCC(C)(CNC(C)C)CN(C)C(C)(C)CO. The van der Waals surface area contributed by atoms with E-state index in [-0.39, 0.29) is 17.6 Å². The third-order valence-electron chi connectivity index (χ3n) is 3.83. The molecule has 0 aromatic rings. The quantitative estimate of drug-likeness (QED) is 0.686. The Morgan fingerprint density at radius 1 is 1.24 bits per heavy atom. The highest BCUT2D eigenvalue weighted by atomic mass is 16.3. The molecule has 0 saturated carbocycles. The molecule has 0 radical (unpaired) electrons. The van der Waals surface area contributed by atoms with Gasteiger partial charge in [0.15, 0.2) is 0 Å². The lowest BCUT2D eigenvalue weighted by atomic mass is 9.85. The maximum absolute atomic E-state index is 9.39. The first-order valence-corrected chi connectivity index (χ1v) is 6.72. The number of aliphatic hydroxyl groups is 1. The summed E-state index contributed by atoms with van der Waals surface area (Å²) in [5.41, 5.74) is 0.111. The van der Waals surface area contributed by atoms with Crippen molar-refractivity contribution in [1.29, 1.82) is 0 Å². The number of likely N-dealkylation sites (N-methyl/N-ethyl adjacent to an activating group) is 1. The topological polar surface area (TPSA) is 35.5 Å². The Morgan fingerprint density at radius 2 is 1.76 bits per heavy atom. The molecule has 0 heterocycles. The van der Waals surface area contributed by atoms with Crippen molar-refractivity contribution in [3.8, 4) is 0 Å². The lowest BCUT2D eigenvalue weighted by molar-refractivity contribution is 0.0434. The fraction of sp³-hybridized carbons (Fsp3) is 1.00. The lowest BCUT2D eigenvalue weighted by Gasteiger charge is -2.41. The lowest BCUT2D eigenvalue weighted by Crippen LogP contribution is -2.51. The van der Waals surface area contributed by atoms with E-state index in [1.807, 2.05) is 0 Å². The molecule has 1 atom stereocenters. The molecule has 3 heteroatoms. The summed E-state index contributed by atoms with van der Waals surface area (Å²) in [6.45, 7) is 15.3. The zero-order valence-corrected chi connectivity index (χ0v) is 12.8. The van der Waals surface area contributed by atoms with E-state index in [0.717, 1.165) is 19.5 Å². The second-order valence-corrected chi connectivity index (χ2v) is 6.53. The van der Waals surface area contributed by atoms with Crippen LogP contribution in [0.2, 0.25) is 0 Å². The van der Waals surface area contributed by atoms with Gasteiger partial charge in [0.25, 0.3) is 0 Å². The third-order valence-corrected chi connectivity index (χ3v) is 3.83. The summed E-state index contributed by atoms with van der Waals surface area (Å²) in [4.78, 5) is 2.26. The van der Waals surface area contributed by atoms with Crippen LogP contribution in [-0.2, 0) is 0 Å². The molecule has 17 heavy (non-hydrogen) atoms. The van der Waals surface area contributed by atoms with Crippen LogP contribution in [0.3, 0.4) is 0 Å². The Balaban J connectivity index is 4.46. The average Bonchev–Trinajstić information content (AvgIpc) is 2.26. The molecule has 1 unspecified atom stereocenters. The molecule has 3 nitrogen and oxygen atoms in total. The van der Waals surface area contributed by atoms with Crippen molar-refractivity contribution < 1.29 is 5.11 Å². The Bertz CT molecular complexity index is 216. The maximum atomic E-state index is 9.39. The third kappa shape index (κ3) is 5.84. The Kier molecular flexibility index (Phi) is 6.67. The van der Waals surface area contributed by atoms with E-state index >= 15 is 0 Å². The normalized spacial score (nSPS) is 16.6. The molecule has 0 aromatic carbocycles. The largest absolute Gasteiger partial charge is 0.394 e. The number of nitrogens with zero attached hydrogens (tertiary/aromatic N) is 1. The Labute approximate surface area is 108 Å². The van der Waals surface area contributed by atoms with Crippen molar-refractivity contribution in [2.75, 3.05) is 26.7 Å². The molecule has 0 saturated heterocycles. The second kappa shape index (κ2) is 6.72. The first-order valence-electron chi connectivity index (χ1n) is 6.72. The van der Waals surface area contributed by atoms with Crippen LogP contribution < -0.4 is 5.32 Å². The molecular formula is C14H32N2O. The molecule has 0 aliphatic heterocycles. The van der Waals surface area contributed by atoms with E-state index in [1.54, 1.807) is 0 Å². The molecular weight excluding hydrogens is 212 g/mol. The number of rotatable bonds is 8. The van der Waals surface area contributed by atoms with Crippen molar-refractivity contribution in [2.45, 2.75) is 59.5 Å². The van der Waals surface area contributed by atoms with Gasteiger partial charge in [-0.05, 0) is 32.7 Å². The smallest absolute Gasteiger partial charge is 0.0609 e. The minimum absolute atomic E-state index is 0.145. The van der Waals surface area contributed by atoms with Gasteiger partial charge in [-0.15, -0.1) is 0 Å². The van der Waals surface area contributed by atoms with E-state index in [4.69, 9.17) is 0 Å². The van der Waals surface area contributed by atoms with Crippen LogP contribution in [0, 0.1) is 5.41 Å². The standard InChI is InChI=1S/C14H32N2O/c1-8-14(6,9-15-12(2)3)10-16(7)13(4,5)11-17/h12,15,17H,8-11H2,1-7H3. The van der Waals surface area contributed by atoms with Crippen molar-refractivity contribution in [2.24, 2.45) is 5.41 Å². The van der Waals surface area contributed by atoms with Crippen LogP contribution in [0.4, 0.5) is 0 Å². The van der Waals surface area contributed by atoms with Crippen molar-refractivity contribution in [1.82, 2.24) is 10.2 Å². The van der Waals surface area contributed by atoms with Crippen LogP contribution in [0.1, 0.15) is 48.0 Å². The van der Waals surface area contributed by atoms with Gasteiger partial charge in [0.05, 0.1) is 6.61 Å². The molecule has 0 spiro atoms. The molecule has 0 fully saturated rings. The number of hydrogen-bond donors (Lipinski definition) is 2. The van der Waals surface area contributed by atoms with Gasteiger partial charge in [-0.2, -0.15) is 0 Å². The van der Waals surface area contributed by atoms with E-state index in [2.05, 4.69) is 58.8 Å². The summed E-state index contributed by atoms with van der Waals surface area (Å²) in [7, 11) is 2.10. The number of hydrogen-bond acceptors (Lipinski definition) is 3. The van der Waals surface area contributed by atoms with Crippen LogP contribution in [-0.4, -0.2) is 48.3 Å². The molecule has 0 rings (SSSR count). The molecule has 0 amide bonds. The van der Waals surface area contributed by atoms with Crippen LogP contribution in [0.25, 0.3) is 0 Å². The Hall–Kier alpha value is -0.120. The monoisotopic (exact) mass is 244 g/mol. The first-order chi connectivity index (χ1) is 7.67. The molecule has 0 aliphatic rings. The molecule has 0 aliphatic carbocycles. The van der Waals surface area contributed by atoms with Gasteiger partial charge >= 0.3 is 0 Å². The van der Waals surface area contributed by atoms with Gasteiger partial charge in [0, 0.05) is 24.7 Å². The van der Waals surface area contributed by atoms with E-state index in [9.17, 15) is 5.11 Å². The molecule has 0 aromatic heterocycles. The van der Waals surface area contributed by atoms with Crippen LogP contribution >= 0.6 is 0 Å². The van der Waals surface area contributed by atoms with Gasteiger partial charge < -0.3 is 10.4 Å². The summed E-state index contributed by atoms with van der Waals surface area (Å²) in [6.07, 6.45) is 1.14. The van der Waals surface area contributed by atoms with Gasteiger partial charge in [0.1, 0.15) is 0 Å². The first kappa shape index (κ1) is 16.9. The van der Waals surface area contributed by atoms with Gasteiger partial charge in [-0.25, -0.2) is 0 Å². The molecule has 0 bridgehead atoms. The number of nitrogens with one attached hydrogen (secondary N) is 1. The number of aliphatic hydroxyl groups excluding tert-OH is 1. The van der Waals surface area contributed by atoms with E-state index in [0.29, 0.717) is 6.04 Å². The fourth-order valence-electron chi connectivity index (χ4n) is 1.65. The van der Waals surface area contributed by atoms with Crippen molar-refractivity contribution >= 4 is 0 Å². The highest BCUT2D eigenvalue weighted by molar-refractivity contribution is 4.86. The predicted molar refractivity (Wildman–Crippen MR) is 75.3 cm³/mol. The summed E-state index contributed by atoms with van der Waals surface area (Å²) in [6, 6.07) is 0.525. The van der Waals surface area contributed by atoms with Gasteiger partial charge in [0.2, 0.25) is 0 Å². The second-order valence-electron chi connectivity index (χ2n) is 6.53. The van der Waals surface area contributed by atoms with E-state index in [1.165, 1.54) is 0 Å². The summed E-state index contributed by atoms with van der Waals surface area (Å²) >= 11 is 0. The summed E-state index contributed by atoms with van der Waals surface area (Å²) < 4.78 is 0. The zero-order chi connectivity index (χ0) is 13.7. The van der Waals surface area contributed by atoms with Gasteiger partial charge in [-0.1, -0.05) is 27.7 Å². The minimum Gasteiger partial charge on any atom is -0.394 e. The van der Waals surface area contributed by atoms with Crippen molar-refractivity contribution in [3.63, 3.8) is 0 Å². The van der Waals surface area contributed by atoms with Crippen LogP contribution in [0.15, 0.2) is 0 Å². The highest BCUT2D eigenvalue weighted by Gasteiger charge is 2.30. The maximum Gasteiger partial charge on any atom is 0.0609 e. The van der Waals surface area contributed by atoms with Crippen LogP contribution in [0.5, 0.6) is 0 Å². The summed E-state index contributed by atoms with van der Waals surface area (Å²) in [5, 5.41) is 12.9. The minimum atomic E-state index is -0.145. The molecule has 104 valence electrons. The van der Waals surface area contributed by atoms with Crippen molar-refractivity contribution in [3.05, 3.63) is 0 Å². The fourth-order valence-corrected chi connectivity index (χ4v) is 1.65. The van der Waals surface area contributed by atoms with E-state index < -0.39 is 0 Å². The predicted octanol–water partition coefficient (Wildman–Crippen LogP) is 2.10. The average molecular weight is 244 g/mol.